The molecule has 2 heterocycles. The molecule has 3 N–H and O–H groups in total. The van der Waals surface area contributed by atoms with Gasteiger partial charge in [-0.15, -0.1) is 10.2 Å². The summed E-state index contributed by atoms with van der Waals surface area (Å²) in [6, 6.07) is 19.1. The van der Waals surface area contributed by atoms with Crippen molar-refractivity contribution in [3.05, 3.63) is 72.4 Å². The molecule has 0 aliphatic carbocycles. The monoisotopic (exact) mass is 348 g/mol. The maximum atomic E-state index is 9.72. The van der Waals surface area contributed by atoms with Crippen molar-refractivity contribution in [1.29, 1.82) is 0 Å². The number of hydrogen-bond acceptors (Lipinski definition) is 5. The SMILES string of the molecule is NCc1ccccc1Sc1ccc2nnc(-c3cccc(O)c3)n2c1. The van der Waals surface area contributed by atoms with Crippen molar-refractivity contribution in [2.75, 3.05) is 0 Å². The fraction of sp³-hybridized carbons (Fsp3) is 0.0526. The van der Waals surface area contributed by atoms with Crippen LogP contribution in [0.25, 0.3) is 17.0 Å². The molecule has 0 atom stereocenters. The fourth-order valence-electron chi connectivity index (χ4n) is 2.67. The number of phenols is 1. The molecule has 124 valence electrons. The molecule has 0 amide bonds. The van der Waals surface area contributed by atoms with Gasteiger partial charge >= 0.3 is 0 Å². The molecule has 4 rings (SSSR count). The van der Waals surface area contributed by atoms with Gasteiger partial charge in [-0.2, -0.15) is 0 Å². The van der Waals surface area contributed by atoms with Gasteiger partial charge in [0.15, 0.2) is 11.5 Å². The summed E-state index contributed by atoms with van der Waals surface area (Å²) in [5.74, 6) is 0.900. The van der Waals surface area contributed by atoms with E-state index in [1.54, 1.807) is 30.0 Å². The van der Waals surface area contributed by atoms with E-state index in [2.05, 4.69) is 16.3 Å². The highest BCUT2D eigenvalue weighted by Gasteiger charge is 2.10. The third kappa shape index (κ3) is 3.09. The topological polar surface area (TPSA) is 76.4 Å². The number of pyridine rings is 1. The average Bonchev–Trinajstić information content (AvgIpc) is 3.05. The Balaban J connectivity index is 1.76. The molecule has 0 saturated carbocycles. The number of phenolic OH excluding ortho intramolecular Hbond substituents is 1. The molecular weight excluding hydrogens is 332 g/mol. The summed E-state index contributed by atoms with van der Waals surface area (Å²) in [6.45, 7) is 0.507. The van der Waals surface area contributed by atoms with E-state index >= 15 is 0 Å². The van der Waals surface area contributed by atoms with E-state index in [9.17, 15) is 5.11 Å². The Morgan fingerprint density at radius 1 is 1.00 bits per heavy atom. The van der Waals surface area contributed by atoms with E-state index in [0.717, 1.165) is 26.6 Å². The van der Waals surface area contributed by atoms with Crippen molar-refractivity contribution in [2.45, 2.75) is 16.3 Å². The van der Waals surface area contributed by atoms with Crippen LogP contribution in [0, 0.1) is 0 Å². The van der Waals surface area contributed by atoms with Gasteiger partial charge in [0.1, 0.15) is 5.75 Å². The molecule has 0 unspecified atom stereocenters. The van der Waals surface area contributed by atoms with Gasteiger partial charge in [0.2, 0.25) is 0 Å². The Hall–Kier alpha value is -2.83. The zero-order valence-corrected chi connectivity index (χ0v) is 14.1. The lowest BCUT2D eigenvalue weighted by molar-refractivity contribution is 0.475. The molecule has 0 saturated heterocycles. The Morgan fingerprint density at radius 3 is 2.72 bits per heavy atom. The van der Waals surface area contributed by atoms with E-state index < -0.39 is 0 Å². The predicted octanol–water partition coefficient (Wildman–Crippen LogP) is 3.71. The van der Waals surface area contributed by atoms with Gasteiger partial charge in [-0.3, -0.25) is 4.40 Å². The van der Waals surface area contributed by atoms with Crippen LogP contribution in [0.15, 0.2) is 76.7 Å². The molecular formula is C19H16N4OS. The zero-order chi connectivity index (χ0) is 17.2. The molecule has 5 nitrogen and oxygen atoms in total. The number of aromatic hydroxyl groups is 1. The average molecular weight is 348 g/mol. The van der Waals surface area contributed by atoms with Crippen LogP contribution < -0.4 is 5.73 Å². The summed E-state index contributed by atoms with van der Waals surface area (Å²) in [5.41, 5.74) is 8.52. The number of benzene rings is 2. The van der Waals surface area contributed by atoms with E-state index in [1.165, 1.54) is 0 Å². The van der Waals surface area contributed by atoms with Crippen LogP contribution in [-0.4, -0.2) is 19.7 Å². The van der Waals surface area contributed by atoms with Gasteiger partial charge in [0.05, 0.1) is 0 Å². The van der Waals surface area contributed by atoms with Crippen LogP contribution in [0.3, 0.4) is 0 Å². The first-order valence-corrected chi connectivity index (χ1v) is 8.66. The lowest BCUT2D eigenvalue weighted by Crippen LogP contribution is -1.97. The van der Waals surface area contributed by atoms with Crippen molar-refractivity contribution in [2.24, 2.45) is 5.73 Å². The summed E-state index contributed by atoms with van der Waals surface area (Å²) in [6.07, 6.45) is 2.01. The van der Waals surface area contributed by atoms with E-state index in [1.807, 2.05) is 47.0 Å². The van der Waals surface area contributed by atoms with Crippen LogP contribution in [0.4, 0.5) is 0 Å². The summed E-state index contributed by atoms with van der Waals surface area (Å²) in [5, 5.41) is 18.2. The summed E-state index contributed by atoms with van der Waals surface area (Å²) in [4.78, 5) is 2.20. The third-order valence-electron chi connectivity index (χ3n) is 3.90. The first-order chi connectivity index (χ1) is 12.2. The van der Waals surface area contributed by atoms with E-state index in [-0.39, 0.29) is 5.75 Å². The van der Waals surface area contributed by atoms with Crippen molar-refractivity contribution < 1.29 is 5.11 Å². The van der Waals surface area contributed by atoms with Gasteiger partial charge in [-0.05, 0) is 35.9 Å². The number of rotatable bonds is 4. The Kier molecular flexibility index (Phi) is 4.13. The van der Waals surface area contributed by atoms with Gasteiger partial charge in [-0.25, -0.2) is 0 Å². The van der Waals surface area contributed by atoms with Crippen LogP contribution in [0.5, 0.6) is 5.75 Å². The molecule has 0 aliphatic heterocycles. The van der Waals surface area contributed by atoms with Gasteiger partial charge in [-0.1, -0.05) is 42.1 Å². The van der Waals surface area contributed by atoms with Gasteiger partial charge < -0.3 is 10.8 Å². The molecule has 2 aromatic carbocycles. The van der Waals surface area contributed by atoms with Crippen LogP contribution in [-0.2, 0) is 6.54 Å². The molecule has 0 fully saturated rings. The molecule has 2 aromatic heterocycles. The highest BCUT2D eigenvalue weighted by Crippen LogP contribution is 2.31. The lowest BCUT2D eigenvalue weighted by atomic mass is 10.2. The molecule has 0 bridgehead atoms. The van der Waals surface area contributed by atoms with Crippen molar-refractivity contribution in [1.82, 2.24) is 14.6 Å². The zero-order valence-electron chi connectivity index (χ0n) is 13.3. The minimum absolute atomic E-state index is 0.205. The standard InChI is InChI=1S/C19H16N4OS/c20-11-14-4-1-2-7-17(14)25-16-8-9-18-21-22-19(23(18)12-16)13-5-3-6-15(24)10-13/h1-10,12,24H,11,20H2. The number of fused-ring (bicyclic) bond motifs is 1. The Labute approximate surface area is 149 Å². The maximum absolute atomic E-state index is 9.72. The van der Waals surface area contributed by atoms with Crippen LogP contribution in [0.2, 0.25) is 0 Å². The van der Waals surface area contributed by atoms with Crippen LogP contribution >= 0.6 is 11.8 Å². The Morgan fingerprint density at radius 2 is 1.88 bits per heavy atom. The number of aromatic nitrogens is 3. The first kappa shape index (κ1) is 15.7. The summed E-state index contributed by atoms with van der Waals surface area (Å²) >= 11 is 1.66. The largest absolute Gasteiger partial charge is 0.508 e. The summed E-state index contributed by atoms with van der Waals surface area (Å²) in [7, 11) is 0. The van der Waals surface area contributed by atoms with E-state index in [4.69, 9.17) is 5.73 Å². The molecule has 4 aromatic rings. The van der Waals surface area contributed by atoms with Gasteiger partial charge in [0.25, 0.3) is 0 Å². The molecule has 6 heteroatoms. The molecule has 0 radical (unpaired) electrons. The normalized spacial score (nSPS) is 11.1. The van der Waals surface area contributed by atoms with Crippen molar-refractivity contribution >= 4 is 17.4 Å². The predicted molar refractivity (Wildman–Crippen MR) is 98.5 cm³/mol. The van der Waals surface area contributed by atoms with E-state index in [0.29, 0.717) is 12.4 Å². The summed E-state index contributed by atoms with van der Waals surface area (Å²) < 4.78 is 1.93. The fourth-order valence-corrected chi connectivity index (χ4v) is 3.65. The van der Waals surface area contributed by atoms with Crippen molar-refractivity contribution in [3.63, 3.8) is 0 Å². The highest BCUT2D eigenvalue weighted by atomic mass is 32.2. The number of nitrogens with two attached hydrogens (primary N) is 1. The second-order valence-electron chi connectivity index (χ2n) is 5.58. The molecule has 0 spiro atoms. The first-order valence-electron chi connectivity index (χ1n) is 7.84. The second kappa shape index (κ2) is 6.58. The maximum Gasteiger partial charge on any atom is 0.168 e. The highest BCUT2D eigenvalue weighted by molar-refractivity contribution is 7.99. The molecule has 0 aliphatic rings. The number of nitrogens with zero attached hydrogens (tertiary/aromatic N) is 3. The lowest BCUT2D eigenvalue weighted by Gasteiger charge is -2.08. The third-order valence-corrected chi connectivity index (χ3v) is 5.00. The molecule has 25 heavy (non-hydrogen) atoms. The minimum atomic E-state index is 0.205. The van der Waals surface area contributed by atoms with Gasteiger partial charge in [0, 0.05) is 28.1 Å². The quantitative estimate of drug-likeness (QED) is 0.588. The van der Waals surface area contributed by atoms with Crippen molar-refractivity contribution in [3.8, 4) is 17.1 Å². The second-order valence-corrected chi connectivity index (χ2v) is 6.70. The number of hydrogen-bond donors (Lipinski definition) is 2. The smallest absolute Gasteiger partial charge is 0.168 e. The van der Waals surface area contributed by atoms with Crippen LogP contribution in [0.1, 0.15) is 5.56 Å². The Bertz CT molecular complexity index is 1040. The minimum Gasteiger partial charge on any atom is -0.508 e.